The van der Waals surface area contributed by atoms with Gasteiger partial charge in [-0.25, -0.2) is 9.97 Å². The summed E-state index contributed by atoms with van der Waals surface area (Å²) in [4.78, 5) is 34.5. The van der Waals surface area contributed by atoms with E-state index in [4.69, 9.17) is 32.4 Å². The molecule has 2 aromatic heterocycles. The minimum atomic E-state index is -0.596. The first-order valence-electron chi connectivity index (χ1n) is 9.20. The lowest BCUT2D eigenvalue weighted by atomic mass is 10.1. The van der Waals surface area contributed by atoms with Gasteiger partial charge in [-0.2, -0.15) is 0 Å². The van der Waals surface area contributed by atoms with Crippen LogP contribution >= 0.6 is 35.0 Å². The Balaban J connectivity index is 1.78. The van der Waals surface area contributed by atoms with Crippen LogP contribution in [-0.2, 0) is 0 Å². The van der Waals surface area contributed by atoms with Gasteiger partial charge in [0.25, 0.3) is 5.91 Å². The Morgan fingerprint density at radius 3 is 2.62 bits per heavy atom. The van der Waals surface area contributed by atoms with Crippen molar-refractivity contribution >= 4 is 63.3 Å². The minimum absolute atomic E-state index is 0.0119. The van der Waals surface area contributed by atoms with Gasteiger partial charge in [0.1, 0.15) is 11.3 Å². The van der Waals surface area contributed by atoms with E-state index in [0.29, 0.717) is 21.9 Å². The number of nitrogens with zero attached hydrogens (tertiary/aromatic N) is 2. The van der Waals surface area contributed by atoms with Crippen LogP contribution in [0.5, 0.6) is 5.75 Å². The minimum Gasteiger partial charge on any atom is -0.495 e. The quantitative estimate of drug-likeness (QED) is 0.210. The van der Waals surface area contributed by atoms with Gasteiger partial charge in [0.15, 0.2) is 16.6 Å². The highest BCUT2D eigenvalue weighted by molar-refractivity contribution is 7.98. The second kappa shape index (κ2) is 9.20. The fraction of sp³-hybridized carbons (Fsp3) is 0.0909. The SMILES string of the molecule is COc1ccc(C(=O)c2oc3ccccc3c2NC(=O)c2nc(SC)ncc2Cl)cc1Cl. The molecule has 0 saturated carbocycles. The Morgan fingerprint density at radius 1 is 1.12 bits per heavy atom. The summed E-state index contributed by atoms with van der Waals surface area (Å²) in [6.45, 7) is 0. The van der Waals surface area contributed by atoms with Gasteiger partial charge in [-0.3, -0.25) is 9.59 Å². The summed E-state index contributed by atoms with van der Waals surface area (Å²) < 4.78 is 11.0. The molecular weight excluding hydrogens is 473 g/mol. The van der Waals surface area contributed by atoms with Crippen molar-refractivity contribution in [3.05, 3.63) is 75.7 Å². The van der Waals surface area contributed by atoms with Crippen LogP contribution in [-0.4, -0.2) is 35.0 Å². The number of aromatic nitrogens is 2. The van der Waals surface area contributed by atoms with E-state index in [1.165, 1.54) is 31.1 Å². The molecule has 7 nitrogen and oxygen atoms in total. The van der Waals surface area contributed by atoms with Gasteiger partial charge in [0.2, 0.25) is 5.78 Å². The average molecular weight is 488 g/mol. The van der Waals surface area contributed by atoms with Crippen molar-refractivity contribution in [3.8, 4) is 5.75 Å². The van der Waals surface area contributed by atoms with Crippen molar-refractivity contribution in [2.75, 3.05) is 18.7 Å². The van der Waals surface area contributed by atoms with Gasteiger partial charge in [-0.05, 0) is 36.6 Å². The zero-order valence-electron chi connectivity index (χ0n) is 16.8. The maximum absolute atomic E-state index is 13.3. The smallest absolute Gasteiger partial charge is 0.276 e. The molecule has 0 unspecified atom stereocenters. The molecule has 1 N–H and O–H groups in total. The van der Waals surface area contributed by atoms with E-state index < -0.39 is 11.7 Å². The molecule has 4 rings (SSSR count). The number of benzene rings is 2. The Hall–Kier alpha value is -3.07. The Morgan fingerprint density at radius 2 is 1.91 bits per heavy atom. The number of fused-ring (bicyclic) bond motifs is 1. The third-order valence-corrected chi connectivity index (χ3v) is 5.71. The number of rotatable bonds is 6. The average Bonchev–Trinajstić information content (AvgIpc) is 3.17. The van der Waals surface area contributed by atoms with E-state index in [2.05, 4.69) is 15.3 Å². The van der Waals surface area contributed by atoms with Crippen LogP contribution in [0.4, 0.5) is 5.69 Å². The zero-order chi connectivity index (χ0) is 22.8. The largest absolute Gasteiger partial charge is 0.495 e. The molecular formula is C22H15Cl2N3O4S. The van der Waals surface area contributed by atoms with Gasteiger partial charge in [-0.15, -0.1) is 0 Å². The van der Waals surface area contributed by atoms with Crippen LogP contribution in [0.1, 0.15) is 26.6 Å². The number of carbonyl (C=O) groups excluding carboxylic acids is 2. The van der Waals surface area contributed by atoms with Crippen LogP contribution in [0.15, 0.2) is 58.2 Å². The number of carbonyl (C=O) groups is 2. The predicted octanol–water partition coefficient (Wildman–Crippen LogP) is 5.74. The molecule has 4 aromatic rings. The third-order valence-electron chi connectivity index (χ3n) is 4.57. The van der Waals surface area contributed by atoms with Crippen LogP contribution < -0.4 is 10.1 Å². The summed E-state index contributed by atoms with van der Waals surface area (Å²) in [5.41, 5.74) is 0.907. The Bertz CT molecular complexity index is 1360. The van der Waals surface area contributed by atoms with E-state index in [-0.39, 0.29) is 32.8 Å². The van der Waals surface area contributed by atoms with Crippen LogP contribution in [0, 0.1) is 0 Å². The number of furan rings is 1. The van der Waals surface area contributed by atoms with Gasteiger partial charge in [0, 0.05) is 10.9 Å². The lowest BCUT2D eigenvalue weighted by Gasteiger charge is -2.08. The van der Waals surface area contributed by atoms with Gasteiger partial charge in [-0.1, -0.05) is 47.1 Å². The monoisotopic (exact) mass is 487 g/mol. The number of ketones is 1. The summed E-state index contributed by atoms with van der Waals surface area (Å²) in [6, 6.07) is 11.6. The van der Waals surface area contributed by atoms with E-state index in [1.54, 1.807) is 42.7 Å². The molecule has 162 valence electrons. The molecule has 32 heavy (non-hydrogen) atoms. The van der Waals surface area contributed by atoms with Crippen molar-refractivity contribution in [1.82, 2.24) is 9.97 Å². The number of halogens is 2. The zero-order valence-corrected chi connectivity index (χ0v) is 19.1. The molecule has 0 fully saturated rings. The number of hydrogen-bond acceptors (Lipinski definition) is 7. The molecule has 0 saturated heterocycles. The summed E-state index contributed by atoms with van der Waals surface area (Å²) in [5.74, 6) is -0.666. The number of thioether (sulfide) groups is 1. The summed E-state index contributed by atoms with van der Waals surface area (Å²) in [7, 11) is 1.48. The number of ether oxygens (including phenoxy) is 1. The Labute approximate surface area is 197 Å². The molecule has 0 bridgehead atoms. The van der Waals surface area contributed by atoms with Gasteiger partial charge in [0.05, 0.1) is 29.0 Å². The molecule has 0 aliphatic rings. The van der Waals surface area contributed by atoms with Crippen molar-refractivity contribution in [1.29, 1.82) is 0 Å². The molecule has 2 aromatic carbocycles. The maximum atomic E-state index is 13.3. The number of methoxy groups -OCH3 is 1. The molecule has 0 aliphatic heterocycles. The third kappa shape index (κ3) is 4.17. The van der Waals surface area contributed by atoms with Crippen LogP contribution in [0.2, 0.25) is 10.0 Å². The summed E-state index contributed by atoms with van der Waals surface area (Å²) in [6.07, 6.45) is 3.14. The second-order valence-electron chi connectivity index (χ2n) is 6.49. The maximum Gasteiger partial charge on any atom is 0.276 e. The van der Waals surface area contributed by atoms with Crippen LogP contribution in [0.25, 0.3) is 11.0 Å². The predicted molar refractivity (Wildman–Crippen MR) is 124 cm³/mol. The van der Waals surface area contributed by atoms with E-state index in [1.807, 2.05) is 0 Å². The van der Waals surface area contributed by atoms with E-state index in [9.17, 15) is 9.59 Å². The standard InChI is InChI=1S/C22H15Cl2N3O4S/c1-30-16-8-7-11(9-13(16)23)19(28)20-17(12-5-3-4-6-15(12)31-20)26-21(29)18-14(24)10-25-22(27-18)32-2/h3-10H,1-2H3,(H,26,29). The van der Waals surface area contributed by atoms with Gasteiger partial charge >= 0.3 is 0 Å². The first kappa shape index (κ1) is 22.1. The van der Waals surface area contributed by atoms with Gasteiger partial charge < -0.3 is 14.5 Å². The van der Waals surface area contributed by atoms with Crippen molar-refractivity contribution in [2.45, 2.75) is 5.16 Å². The molecule has 0 aliphatic carbocycles. The lowest BCUT2D eigenvalue weighted by molar-refractivity contribution is 0.101. The highest BCUT2D eigenvalue weighted by Crippen LogP contribution is 2.34. The first-order chi connectivity index (χ1) is 15.4. The first-order valence-corrected chi connectivity index (χ1v) is 11.2. The number of nitrogens with one attached hydrogen (secondary N) is 1. The highest BCUT2D eigenvalue weighted by Gasteiger charge is 2.25. The van der Waals surface area contributed by atoms with Crippen LogP contribution in [0.3, 0.4) is 0 Å². The number of hydrogen-bond donors (Lipinski definition) is 1. The number of para-hydroxylation sites is 1. The van der Waals surface area contributed by atoms with Crippen molar-refractivity contribution < 1.29 is 18.7 Å². The molecule has 10 heteroatoms. The summed E-state index contributed by atoms with van der Waals surface area (Å²) >= 11 is 13.6. The normalized spacial score (nSPS) is 10.9. The molecule has 0 spiro atoms. The molecule has 0 atom stereocenters. The van der Waals surface area contributed by atoms with E-state index >= 15 is 0 Å². The Kier molecular flexibility index (Phi) is 6.36. The number of anilines is 1. The fourth-order valence-electron chi connectivity index (χ4n) is 3.05. The lowest BCUT2D eigenvalue weighted by Crippen LogP contribution is -2.17. The molecule has 1 amide bonds. The molecule has 0 radical (unpaired) electrons. The van der Waals surface area contributed by atoms with Crippen molar-refractivity contribution in [2.24, 2.45) is 0 Å². The number of amides is 1. The summed E-state index contributed by atoms with van der Waals surface area (Å²) in [5, 5.41) is 4.04. The highest BCUT2D eigenvalue weighted by atomic mass is 35.5. The molecule has 2 heterocycles. The van der Waals surface area contributed by atoms with E-state index in [0.717, 1.165) is 0 Å². The second-order valence-corrected chi connectivity index (χ2v) is 8.08. The van der Waals surface area contributed by atoms with Crippen molar-refractivity contribution in [3.63, 3.8) is 0 Å². The fourth-order valence-corrected chi connectivity index (χ4v) is 3.82. The topological polar surface area (TPSA) is 94.3 Å².